The van der Waals surface area contributed by atoms with Crippen molar-refractivity contribution in [3.63, 3.8) is 0 Å². The predicted octanol–water partition coefficient (Wildman–Crippen LogP) is 2.57. The minimum atomic E-state index is -0.509. The van der Waals surface area contributed by atoms with Crippen molar-refractivity contribution in [3.05, 3.63) is 54.1 Å². The van der Waals surface area contributed by atoms with Crippen molar-refractivity contribution >= 4 is 0 Å². The Bertz CT molecular complexity index is 545. The molecular weight excluding hydrogens is 252 g/mol. The van der Waals surface area contributed by atoms with Crippen molar-refractivity contribution in [1.29, 1.82) is 0 Å². The number of benzene rings is 1. The second-order valence-electron chi connectivity index (χ2n) is 5.33. The van der Waals surface area contributed by atoms with Crippen LogP contribution >= 0.6 is 0 Å². The first-order chi connectivity index (χ1) is 9.76. The zero-order valence-corrected chi connectivity index (χ0v) is 11.8. The quantitative estimate of drug-likeness (QED) is 0.839. The van der Waals surface area contributed by atoms with E-state index in [2.05, 4.69) is 36.2 Å². The highest BCUT2D eigenvalue weighted by Crippen LogP contribution is 2.27. The number of hydrogen-bond donors (Lipinski definition) is 0. The van der Waals surface area contributed by atoms with E-state index >= 15 is 0 Å². The molecule has 0 atom stereocenters. The number of aromatic nitrogens is 2. The van der Waals surface area contributed by atoms with Crippen molar-refractivity contribution in [2.75, 3.05) is 13.2 Å². The summed E-state index contributed by atoms with van der Waals surface area (Å²) < 4.78 is 13.8. The van der Waals surface area contributed by atoms with Gasteiger partial charge in [0.15, 0.2) is 5.79 Å². The molecule has 1 fully saturated rings. The summed E-state index contributed by atoms with van der Waals surface area (Å²) in [6.45, 7) is 4.15. The Balaban J connectivity index is 1.68. The minimum absolute atomic E-state index is 0.509. The second kappa shape index (κ2) is 5.77. The Morgan fingerprint density at radius 3 is 2.85 bits per heavy atom. The molecule has 4 heteroatoms. The van der Waals surface area contributed by atoms with Gasteiger partial charge in [-0.2, -0.15) is 0 Å². The zero-order chi connectivity index (χ0) is 13.8. The first-order valence-corrected chi connectivity index (χ1v) is 7.05. The van der Waals surface area contributed by atoms with E-state index < -0.39 is 5.79 Å². The van der Waals surface area contributed by atoms with E-state index in [4.69, 9.17) is 9.47 Å². The molecule has 0 spiro atoms. The van der Waals surface area contributed by atoms with Gasteiger partial charge in [-0.3, -0.25) is 0 Å². The van der Waals surface area contributed by atoms with Gasteiger partial charge in [0.25, 0.3) is 0 Å². The smallest absolute Gasteiger partial charge is 0.186 e. The number of imidazole rings is 1. The van der Waals surface area contributed by atoms with Gasteiger partial charge in [0.05, 0.1) is 26.1 Å². The molecule has 1 aromatic heterocycles. The molecule has 1 aliphatic rings. The largest absolute Gasteiger partial charge is 0.346 e. The van der Waals surface area contributed by atoms with Crippen molar-refractivity contribution in [2.24, 2.45) is 0 Å². The first kappa shape index (κ1) is 13.3. The van der Waals surface area contributed by atoms with Gasteiger partial charge in [0, 0.05) is 18.8 Å². The molecule has 3 rings (SSSR count). The highest BCUT2D eigenvalue weighted by molar-refractivity contribution is 5.22. The highest BCUT2D eigenvalue weighted by atomic mass is 16.7. The average Bonchev–Trinajstić information content (AvgIpc) is 3.10. The van der Waals surface area contributed by atoms with Crippen LogP contribution in [0.5, 0.6) is 0 Å². The van der Waals surface area contributed by atoms with Gasteiger partial charge in [-0.1, -0.05) is 29.8 Å². The Morgan fingerprint density at radius 2 is 2.15 bits per heavy atom. The highest BCUT2D eigenvalue weighted by Gasteiger charge is 2.36. The van der Waals surface area contributed by atoms with Crippen molar-refractivity contribution in [2.45, 2.75) is 32.1 Å². The number of aryl methyl sites for hydroxylation is 2. The van der Waals surface area contributed by atoms with E-state index in [9.17, 15) is 0 Å². The Hall–Kier alpha value is -1.65. The van der Waals surface area contributed by atoms with Crippen LogP contribution in [0.2, 0.25) is 0 Å². The van der Waals surface area contributed by atoms with Gasteiger partial charge in [0.1, 0.15) is 0 Å². The van der Waals surface area contributed by atoms with Gasteiger partial charge in [-0.25, -0.2) is 4.98 Å². The van der Waals surface area contributed by atoms with E-state index in [1.807, 2.05) is 10.8 Å². The van der Waals surface area contributed by atoms with Crippen LogP contribution < -0.4 is 0 Å². The van der Waals surface area contributed by atoms with Crippen LogP contribution in [0.15, 0.2) is 43.0 Å². The van der Waals surface area contributed by atoms with Crippen LogP contribution in [0.25, 0.3) is 0 Å². The summed E-state index contributed by atoms with van der Waals surface area (Å²) >= 11 is 0. The van der Waals surface area contributed by atoms with Crippen molar-refractivity contribution in [1.82, 2.24) is 9.55 Å². The summed E-state index contributed by atoms with van der Waals surface area (Å²) in [5.41, 5.74) is 2.62. The van der Waals surface area contributed by atoms with E-state index in [-0.39, 0.29) is 0 Å². The fourth-order valence-corrected chi connectivity index (χ4v) is 2.67. The van der Waals surface area contributed by atoms with Gasteiger partial charge in [-0.05, 0) is 18.9 Å². The van der Waals surface area contributed by atoms with E-state index in [0.29, 0.717) is 19.8 Å². The van der Waals surface area contributed by atoms with Crippen LogP contribution in [0.3, 0.4) is 0 Å². The summed E-state index contributed by atoms with van der Waals surface area (Å²) in [6.07, 6.45) is 7.34. The average molecular weight is 272 g/mol. The zero-order valence-electron chi connectivity index (χ0n) is 11.8. The molecule has 2 aromatic rings. The molecule has 2 heterocycles. The van der Waals surface area contributed by atoms with Crippen LogP contribution in [-0.4, -0.2) is 28.6 Å². The molecule has 0 amide bonds. The molecule has 0 saturated carbocycles. The Kier molecular flexibility index (Phi) is 3.85. The van der Waals surface area contributed by atoms with Gasteiger partial charge in [0.2, 0.25) is 0 Å². The molecule has 20 heavy (non-hydrogen) atoms. The number of nitrogens with zero attached hydrogens (tertiary/aromatic N) is 2. The van der Waals surface area contributed by atoms with E-state index in [1.165, 1.54) is 11.1 Å². The molecular formula is C16H20N2O2. The van der Waals surface area contributed by atoms with Crippen LogP contribution in [0.4, 0.5) is 0 Å². The topological polar surface area (TPSA) is 36.3 Å². The Labute approximate surface area is 119 Å². The van der Waals surface area contributed by atoms with Crippen molar-refractivity contribution < 1.29 is 9.47 Å². The molecule has 0 N–H and O–H groups in total. The lowest BCUT2D eigenvalue weighted by molar-refractivity contribution is -0.171. The molecule has 1 aliphatic heterocycles. The summed E-state index contributed by atoms with van der Waals surface area (Å²) in [6, 6.07) is 8.60. The van der Waals surface area contributed by atoms with Gasteiger partial charge in [-0.15, -0.1) is 0 Å². The van der Waals surface area contributed by atoms with Gasteiger partial charge < -0.3 is 14.0 Å². The third-order valence-electron chi connectivity index (χ3n) is 3.67. The van der Waals surface area contributed by atoms with Gasteiger partial charge >= 0.3 is 0 Å². The second-order valence-corrected chi connectivity index (χ2v) is 5.33. The predicted molar refractivity (Wildman–Crippen MR) is 76.4 cm³/mol. The molecule has 106 valence electrons. The maximum Gasteiger partial charge on any atom is 0.186 e. The molecule has 4 nitrogen and oxygen atoms in total. The summed E-state index contributed by atoms with van der Waals surface area (Å²) in [4.78, 5) is 4.08. The third-order valence-corrected chi connectivity index (χ3v) is 3.67. The first-order valence-electron chi connectivity index (χ1n) is 7.05. The lowest BCUT2D eigenvalue weighted by atomic mass is 10.0. The summed E-state index contributed by atoms with van der Waals surface area (Å²) in [7, 11) is 0. The van der Waals surface area contributed by atoms with E-state index in [1.54, 1.807) is 12.5 Å². The SMILES string of the molecule is Cc1cccc(CCC2(Cn3ccnc3)OCCO2)c1. The lowest BCUT2D eigenvalue weighted by Crippen LogP contribution is -2.35. The number of rotatable bonds is 5. The molecule has 0 radical (unpaired) electrons. The monoisotopic (exact) mass is 272 g/mol. The van der Waals surface area contributed by atoms with E-state index in [0.717, 1.165) is 12.8 Å². The Morgan fingerprint density at radius 1 is 1.30 bits per heavy atom. The molecule has 0 unspecified atom stereocenters. The maximum absolute atomic E-state index is 5.90. The van der Waals surface area contributed by atoms with Crippen LogP contribution in [-0.2, 0) is 22.4 Å². The maximum atomic E-state index is 5.90. The molecule has 1 saturated heterocycles. The standard InChI is InChI=1S/C16H20N2O2/c1-14-3-2-4-15(11-14)5-6-16(19-9-10-20-16)12-18-8-7-17-13-18/h2-4,7-8,11,13H,5-6,9-10,12H2,1H3. The number of hydrogen-bond acceptors (Lipinski definition) is 3. The van der Waals surface area contributed by atoms with Crippen molar-refractivity contribution in [3.8, 4) is 0 Å². The molecule has 1 aromatic carbocycles. The minimum Gasteiger partial charge on any atom is -0.346 e. The fourth-order valence-electron chi connectivity index (χ4n) is 2.67. The summed E-state index contributed by atoms with van der Waals surface area (Å²) in [5.74, 6) is -0.509. The summed E-state index contributed by atoms with van der Waals surface area (Å²) in [5, 5.41) is 0. The molecule has 0 aliphatic carbocycles. The normalized spacial score (nSPS) is 17.4. The number of ether oxygens (including phenoxy) is 2. The fraction of sp³-hybridized carbons (Fsp3) is 0.438. The third kappa shape index (κ3) is 3.08. The molecule has 0 bridgehead atoms. The van der Waals surface area contributed by atoms with Crippen LogP contribution in [0, 0.1) is 6.92 Å². The lowest BCUT2D eigenvalue weighted by Gasteiger charge is -2.27. The van der Waals surface area contributed by atoms with Crippen LogP contribution in [0.1, 0.15) is 17.5 Å².